The average molecular weight is 511 g/mol. The third kappa shape index (κ3) is 8.23. The van der Waals surface area contributed by atoms with Gasteiger partial charge in [-0.1, -0.05) is 152 Å². The summed E-state index contributed by atoms with van der Waals surface area (Å²) in [7, 11) is 0. The van der Waals surface area contributed by atoms with Gasteiger partial charge in [0.05, 0.1) is 6.10 Å². The van der Waals surface area contributed by atoms with E-state index in [0.29, 0.717) is 12.0 Å². The van der Waals surface area contributed by atoms with E-state index < -0.39 is 6.10 Å². The molecule has 2 nitrogen and oxygen atoms in total. The Bertz CT molecular complexity index is 1420. The third-order valence-electron chi connectivity index (χ3n) is 6.62. The summed E-state index contributed by atoms with van der Waals surface area (Å²) in [4.78, 5) is 12.6. The molecule has 1 aliphatic rings. The van der Waals surface area contributed by atoms with Gasteiger partial charge in [0.2, 0.25) is 0 Å². The van der Waals surface area contributed by atoms with Gasteiger partial charge >= 0.3 is 0 Å². The van der Waals surface area contributed by atoms with Crippen LogP contribution in [0, 0.1) is 5.92 Å². The Morgan fingerprint density at radius 2 is 1.54 bits per heavy atom. The number of aliphatic hydroxyl groups is 1. The van der Waals surface area contributed by atoms with Crippen LogP contribution in [-0.2, 0) is 0 Å². The Morgan fingerprint density at radius 1 is 0.872 bits per heavy atom. The number of hydrogen-bond donors (Lipinski definition) is 1. The first-order valence-corrected chi connectivity index (χ1v) is 13.3. The Hall–Kier alpha value is -4.53. The van der Waals surface area contributed by atoms with Crippen LogP contribution in [0.1, 0.15) is 28.8 Å². The minimum Gasteiger partial charge on any atom is -0.388 e. The van der Waals surface area contributed by atoms with Gasteiger partial charge in [0, 0.05) is 11.5 Å². The topological polar surface area (TPSA) is 37.3 Å². The van der Waals surface area contributed by atoms with Gasteiger partial charge < -0.3 is 5.11 Å². The quantitative estimate of drug-likeness (QED) is 0.159. The van der Waals surface area contributed by atoms with Gasteiger partial charge in [-0.15, -0.1) is 0 Å². The second-order valence-electron chi connectivity index (χ2n) is 9.38. The Balaban J connectivity index is 1.33. The van der Waals surface area contributed by atoms with E-state index in [4.69, 9.17) is 0 Å². The molecule has 0 bridgehead atoms. The summed E-state index contributed by atoms with van der Waals surface area (Å²) in [6.07, 6.45) is 21.9. The molecule has 0 saturated carbocycles. The minimum atomic E-state index is -0.591. The molecule has 0 fully saturated rings. The fraction of sp³-hybridized carbons (Fsp3) is 0.108. The summed E-state index contributed by atoms with van der Waals surface area (Å²) < 4.78 is 0. The molecule has 0 heterocycles. The molecule has 1 aliphatic carbocycles. The zero-order valence-corrected chi connectivity index (χ0v) is 22.1. The van der Waals surface area contributed by atoms with E-state index in [1.807, 2.05) is 97.1 Å². The van der Waals surface area contributed by atoms with Crippen LogP contribution < -0.4 is 0 Å². The predicted octanol–water partition coefficient (Wildman–Crippen LogP) is 8.73. The summed E-state index contributed by atoms with van der Waals surface area (Å²) in [6, 6.07) is 28.1. The standard InChI is InChI=1S/C37H34O2/c1-2-3-12-29(19-28-37(39)35-26-22-33(23-27-35)31-16-8-5-9-17-31)13-10-11-18-36(38)34-24-20-32(21-25-34)30-14-6-4-7-15-30/h2-9,11-26,28,35,37,39H,1,10,27H2/b12-3-,18-11+,28-19+,29-13+/t35-,37+/m0/s1. The third-order valence-corrected chi connectivity index (χ3v) is 6.62. The van der Waals surface area contributed by atoms with Crippen LogP contribution >= 0.6 is 0 Å². The molecule has 0 unspecified atom stereocenters. The van der Waals surface area contributed by atoms with Crippen LogP contribution in [0.5, 0.6) is 0 Å². The highest BCUT2D eigenvalue weighted by molar-refractivity contribution is 6.04. The van der Waals surface area contributed by atoms with E-state index >= 15 is 0 Å². The van der Waals surface area contributed by atoms with Gasteiger partial charge in [0.15, 0.2) is 5.78 Å². The van der Waals surface area contributed by atoms with Crippen molar-refractivity contribution in [2.75, 3.05) is 0 Å². The lowest BCUT2D eigenvalue weighted by Gasteiger charge is -2.19. The number of benzene rings is 3. The first-order valence-electron chi connectivity index (χ1n) is 13.3. The lowest BCUT2D eigenvalue weighted by Crippen LogP contribution is -2.16. The average Bonchev–Trinajstić information content (AvgIpc) is 3.01. The summed E-state index contributed by atoms with van der Waals surface area (Å²) in [6.45, 7) is 3.75. The number of rotatable bonds is 11. The first kappa shape index (κ1) is 27.5. The van der Waals surface area contributed by atoms with E-state index in [-0.39, 0.29) is 11.7 Å². The Kier molecular flexibility index (Phi) is 10.2. The van der Waals surface area contributed by atoms with Crippen LogP contribution in [0.15, 0.2) is 164 Å². The molecule has 0 amide bonds. The zero-order chi connectivity index (χ0) is 27.3. The van der Waals surface area contributed by atoms with Crippen molar-refractivity contribution in [1.82, 2.24) is 0 Å². The summed E-state index contributed by atoms with van der Waals surface area (Å²) >= 11 is 0. The maximum absolute atomic E-state index is 12.6. The molecule has 39 heavy (non-hydrogen) atoms. The molecule has 4 rings (SSSR count). The fourth-order valence-corrected chi connectivity index (χ4v) is 4.39. The fourth-order valence-electron chi connectivity index (χ4n) is 4.39. The second-order valence-corrected chi connectivity index (χ2v) is 9.38. The molecule has 2 heteroatoms. The van der Waals surface area contributed by atoms with Crippen molar-refractivity contribution in [3.63, 3.8) is 0 Å². The molecule has 2 atom stereocenters. The molecular weight excluding hydrogens is 476 g/mol. The minimum absolute atomic E-state index is 0.0239. The van der Waals surface area contributed by atoms with Crippen LogP contribution in [0.2, 0.25) is 0 Å². The zero-order valence-electron chi connectivity index (χ0n) is 22.1. The molecule has 1 N–H and O–H groups in total. The highest BCUT2D eigenvalue weighted by atomic mass is 16.3. The smallest absolute Gasteiger partial charge is 0.185 e. The van der Waals surface area contributed by atoms with E-state index in [9.17, 15) is 9.90 Å². The van der Waals surface area contributed by atoms with Gasteiger partial charge in [0.25, 0.3) is 0 Å². The van der Waals surface area contributed by atoms with Gasteiger partial charge in [-0.25, -0.2) is 0 Å². The van der Waals surface area contributed by atoms with Gasteiger partial charge in [-0.05, 0) is 46.8 Å². The lowest BCUT2D eigenvalue weighted by atomic mass is 9.89. The summed E-state index contributed by atoms with van der Waals surface area (Å²) in [5.41, 5.74) is 6.19. The highest BCUT2D eigenvalue weighted by Crippen LogP contribution is 2.26. The van der Waals surface area contributed by atoms with E-state index in [1.54, 1.807) is 12.2 Å². The Labute approximate surface area is 232 Å². The van der Waals surface area contributed by atoms with E-state index in [2.05, 4.69) is 49.1 Å². The van der Waals surface area contributed by atoms with Crippen LogP contribution in [0.3, 0.4) is 0 Å². The molecule has 0 radical (unpaired) electrons. The number of carbonyl (C=O) groups excluding carboxylic acids is 1. The molecule has 194 valence electrons. The van der Waals surface area contributed by atoms with Crippen LogP contribution in [-0.4, -0.2) is 17.0 Å². The number of hydrogen-bond acceptors (Lipinski definition) is 2. The molecule has 0 spiro atoms. The molecular formula is C37H34O2. The largest absolute Gasteiger partial charge is 0.388 e. The van der Waals surface area contributed by atoms with E-state index in [0.717, 1.165) is 23.1 Å². The molecule has 0 aliphatic heterocycles. The van der Waals surface area contributed by atoms with Crippen molar-refractivity contribution in [3.05, 3.63) is 175 Å². The van der Waals surface area contributed by atoms with E-state index in [1.165, 1.54) is 11.1 Å². The lowest BCUT2D eigenvalue weighted by molar-refractivity contribution is 0.104. The SMILES string of the molecule is C=C\C=C/C(/C=C/[C@@H](O)[C@H]1C=CC(c2ccccc2)=CC1)=C\C/C=C/C(=O)c1ccc(-c2ccccc2)cc1. The molecule has 0 saturated heterocycles. The highest BCUT2D eigenvalue weighted by Gasteiger charge is 2.16. The number of ketones is 1. The maximum Gasteiger partial charge on any atom is 0.185 e. The number of carbonyl (C=O) groups is 1. The molecule has 0 aromatic heterocycles. The monoisotopic (exact) mass is 510 g/mol. The van der Waals surface area contributed by atoms with Gasteiger partial charge in [-0.2, -0.15) is 0 Å². The normalized spacial score (nSPS) is 16.6. The van der Waals surface area contributed by atoms with Crippen molar-refractivity contribution in [2.45, 2.75) is 18.9 Å². The summed E-state index contributed by atoms with van der Waals surface area (Å²) in [5, 5.41) is 10.8. The second kappa shape index (κ2) is 14.4. The number of allylic oxidation sites excluding steroid dienone is 11. The van der Waals surface area contributed by atoms with Crippen molar-refractivity contribution in [2.24, 2.45) is 5.92 Å². The number of aliphatic hydroxyl groups excluding tert-OH is 1. The van der Waals surface area contributed by atoms with Crippen LogP contribution in [0.4, 0.5) is 0 Å². The van der Waals surface area contributed by atoms with Gasteiger partial charge in [0.1, 0.15) is 0 Å². The Morgan fingerprint density at radius 3 is 2.18 bits per heavy atom. The van der Waals surface area contributed by atoms with Gasteiger partial charge in [-0.3, -0.25) is 4.79 Å². The molecule has 3 aromatic rings. The molecule has 3 aromatic carbocycles. The van der Waals surface area contributed by atoms with Crippen molar-refractivity contribution in [1.29, 1.82) is 0 Å². The maximum atomic E-state index is 12.6. The summed E-state index contributed by atoms with van der Waals surface area (Å²) in [5.74, 6) is 0.00770. The van der Waals surface area contributed by atoms with Crippen molar-refractivity contribution in [3.8, 4) is 11.1 Å². The van der Waals surface area contributed by atoms with Crippen molar-refractivity contribution < 1.29 is 9.90 Å². The van der Waals surface area contributed by atoms with Crippen LogP contribution in [0.25, 0.3) is 16.7 Å². The van der Waals surface area contributed by atoms with Crippen molar-refractivity contribution >= 4 is 11.4 Å². The predicted molar refractivity (Wildman–Crippen MR) is 164 cm³/mol. The first-order chi connectivity index (χ1) is 19.1.